The summed E-state index contributed by atoms with van der Waals surface area (Å²) < 4.78 is 10.7. The Morgan fingerprint density at radius 2 is 1.65 bits per heavy atom. The molecule has 1 saturated heterocycles. The number of ether oxygens (including phenoxy) is 2. The highest BCUT2D eigenvalue weighted by Crippen LogP contribution is 2.25. The van der Waals surface area contributed by atoms with Crippen LogP contribution in [0.2, 0.25) is 0 Å². The molecule has 7 heteroatoms. The molecule has 0 bridgehead atoms. The first-order valence-electron chi connectivity index (χ1n) is 7.90. The topological polar surface area (TPSA) is 79.3 Å². The van der Waals surface area contributed by atoms with Crippen LogP contribution in [0, 0.1) is 0 Å². The average molecular weight is 330 g/mol. The second kappa shape index (κ2) is 6.95. The fourth-order valence-corrected chi connectivity index (χ4v) is 2.37. The summed E-state index contributed by atoms with van der Waals surface area (Å²) in [5, 5.41) is 9.52. The Bertz CT molecular complexity index is 439. The maximum atomic E-state index is 12.3. The van der Waals surface area contributed by atoms with Crippen molar-refractivity contribution in [3.05, 3.63) is 0 Å². The smallest absolute Gasteiger partial charge is 0.410 e. The van der Waals surface area contributed by atoms with Crippen LogP contribution in [0.25, 0.3) is 0 Å². The maximum absolute atomic E-state index is 12.3. The van der Waals surface area contributed by atoms with E-state index in [-0.39, 0.29) is 18.7 Å². The third kappa shape index (κ3) is 5.89. The van der Waals surface area contributed by atoms with Crippen molar-refractivity contribution in [1.29, 1.82) is 0 Å². The van der Waals surface area contributed by atoms with Crippen LogP contribution in [0.3, 0.4) is 0 Å². The zero-order valence-corrected chi connectivity index (χ0v) is 15.3. The molecule has 1 fully saturated rings. The maximum Gasteiger partial charge on any atom is 0.410 e. The SMILES string of the molecule is CN(C(=O)OC(C)(C)C)[C@@H]1C[C@@H](CO)N(C(=O)OC(C)(C)C)C1. The minimum absolute atomic E-state index is 0.169. The molecule has 0 saturated carbocycles. The zero-order valence-electron chi connectivity index (χ0n) is 15.3. The Labute approximate surface area is 138 Å². The van der Waals surface area contributed by atoms with Gasteiger partial charge in [0.05, 0.1) is 18.7 Å². The van der Waals surface area contributed by atoms with Gasteiger partial charge in [0.1, 0.15) is 11.2 Å². The Morgan fingerprint density at radius 1 is 1.13 bits per heavy atom. The average Bonchev–Trinajstić information content (AvgIpc) is 2.77. The third-order valence-corrected chi connectivity index (χ3v) is 3.46. The van der Waals surface area contributed by atoms with Crippen molar-refractivity contribution < 1.29 is 24.2 Å². The fourth-order valence-electron chi connectivity index (χ4n) is 2.37. The van der Waals surface area contributed by atoms with Crippen molar-refractivity contribution in [3.8, 4) is 0 Å². The number of aliphatic hydroxyl groups is 1. The summed E-state index contributed by atoms with van der Waals surface area (Å²) in [5.41, 5.74) is -1.18. The Hall–Kier alpha value is -1.50. The summed E-state index contributed by atoms with van der Waals surface area (Å²) in [7, 11) is 1.64. The molecule has 134 valence electrons. The van der Waals surface area contributed by atoms with Crippen LogP contribution in [0.4, 0.5) is 9.59 Å². The van der Waals surface area contributed by atoms with Crippen molar-refractivity contribution in [2.45, 2.75) is 71.2 Å². The highest BCUT2D eigenvalue weighted by molar-refractivity contribution is 5.71. The second-order valence-electron chi connectivity index (χ2n) is 7.95. The van der Waals surface area contributed by atoms with Crippen molar-refractivity contribution in [1.82, 2.24) is 9.80 Å². The van der Waals surface area contributed by atoms with E-state index in [1.165, 1.54) is 9.80 Å². The molecule has 1 N–H and O–H groups in total. The van der Waals surface area contributed by atoms with E-state index >= 15 is 0 Å². The number of carbonyl (C=O) groups is 2. The lowest BCUT2D eigenvalue weighted by Crippen LogP contribution is -2.44. The molecule has 1 aliphatic rings. The highest BCUT2D eigenvalue weighted by atomic mass is 16.6. The van der Waals surface area contributed by atoms with Crippen molar-refractivity contribution in [2.75, 3.05) is 20.2 Å². The molecule has 1 aliphatic heterocycles. The van der Waals surface area contributed by atoms with E-state index in [1.54, 1.807) is 48.6 Å². The van der Waals surface area contributed by atoms with Crippen LogP contribution in [-0.4, -0.2) is 70.6 Å². The quantitative estimate of drug-likeness (QED) is 0.840. The Kier molecular flexibility index (Phi) is 5.90. The van der Waals surface area contributed by atoms with Gasteiger partial charge < -0.3 is 24.4 Å². The van der Waals surface area contributed by atoms with Gasteiger partial charge in [0.25, 0.3) is 0 Å². The molecule has 23 heavy (non-hydrogen) atoms. The first kappa shape index (κ1) is 19.5. The van der Waals surface area contributed by atoms with Gasteiger partial charge >= 0.3 is 12.2 Å². The molecule has 0 aromatic rings. The minimum Gasteiger partial charge on any atom is -0.444 e. The van der Waals surface area contributed by atoms with Crippen molar-refractivity contribution >= 4 is 12.2 Å². The van der Waals surface area contributed by atoms with Crippen LogP contribution in [0.1, 0.15) is 48.0 Å². The van der Waals surface area contributed by atoms with E-state index in [0.717, 1.165) is 0 Å². The van der Waals surface area contributed by atoms with E-state index in [2.05, 4.69) is 0 Å². The molecular weight excluding hydrogens is 300 g/mol. The third-order valence-electron chi connectivity index (χ3n) is 3.46. The summed E-state index contributed by atoms with van der Waals surface area (Å²) in [4.78, 5) is 27.4. The molecule has 2 amide bonds. The van der Waals surface area contributed by atoms with E-state index in [1.807, 2.05) is 0 Å². The first-order chi connectivity index (χ1) is 10.3. The van der Waals surface area contributed by atoms with Crippen molar-refractivity contribution in [2.24, 2.45) is 0 Å². The number of hydrogen-bond acceptors (Lipinski definition) is 5. The minimum atomic E-state index is -0.605. The number of hydrogen-bond donors (Lipinski definition) is 1. The number of aliphatic hydroxyl groups excluding tert-OH is 1. The first-order valence-corrected chi connectivity index (χ1v) is 7.90. The molecule has 0 aromatic carbocycles. The zero-order chi connectivity index (χ0) is 18.0. The molecule has 0 radical (unpaired) electrons. The van der Waals surface area contributed by atoms with E-state index in [0.29, 0.717) is 13.0 Å². The van der Waals surface area contributed by atoms with Gasteiger partial charge in [-0.3, -0.25) is 0 Å². The summed E-state index contributed by atoms with van der Waals surface area (Å²) in [6.45, 7) is 10.9. The monoisotopic (exact) mass is 330 g/mol. The van der Waals surface area contributed by atoms with Crippen molar-refractivity contribution in [3.63, 3.8) is 0 Å². The number of likely N-dealkylation sites (N-methyl/N-ethyl adjacent to an activating group) is 1. The van der Waals surface area contributed by atoms with Gasteiger partial charge in [0.2, 0.25) is 0 Å². The fraction of sp³-hybridized carbons (Fsp3) is 0.875. The lowest BCUT2D eigenvalue weighted by atomic mass is 10.1. The Morgan fingerprint density at radius 3 is 2.09 bits per heavy atom. The summed E-state index contributed by atoms with van der Waals surface area (Å²) >= 11 is 0. The highest BCUT2D eigenvalue weighted by Gasteiger charge is 2.40. The van der Waals surface area contributed by atoms with E-state index in [9.17, 15) is 14.7 Å². The summed E-state index contributed by atoms with van der Waals surface area (Å²) in [6, 6.07) is -0.575. The standard InChI is InChI=1S/C16H30N2O5/c1-15(2,3)22-13(20)17(7)11-8-12(10-19)18(9-11)14(21)23-16(4,5)6/h11-12,19H,8-10H2,1-7H3/t11-,12+/m1/s1. The number of nitrogens with zero attached hydrogens (tertiary/aromatic N) is 2. The molecule has 7 nitrogen and oxygen atoms in total. The molecular formula is C16H30N2O5. The molecule has 1 rings (SSSR count). The van der Waals surface area contributed by atoms with Gasteiger partial charge in [-0.1, -0.05) is 0 Å². The molecule has 0 aromatic heterocycles. The van der Waals surface area contributed by atoms with Gasteiger partial charge in [0.15, 0.2) is 0 Å². The number of carbonyl (C=O) groups excluding carboxylic acids is 2. The van der Waals surface area contributed by atoms with Crippen LogP contribution in [-0.2, 0) is 9.47 Å². The predicted molar refractivity (Wildman–Crippen MR) is 86.2 cm³/mol. The number of amides is 2. The Balaban J connectivity index is 2.74. The molecule has 0 spiro atoms. The predicted octanol–water partition coefficient (Wildman–Crippen LogP) is 2.22. The molecule has 0 aliphatic carbocycles. The van der Waals surface area contributed by atoms with Gasteiger partial charge in [-0.25, -0.2) is 9.59 Å². The van der Waals surface area contributed by atoms with Gasteiger partial charge in [-0.2, -0.15) is 0 Å². The van der Waals surface area contributed by atoms with Gasteiger partial charge in [0, 0.05) is 13.6 Å². The molecule has 0 unspecified atom stereocenters. The normalized spacial score (nSPS) is 22.0. The molecule has 1 heterocycles. The largest absolute Gasteiger partial charge is 0.444 e. The number of likely N-dealkylation sites (tertiary alicyclic amines) is 1. The van der Waals surface area contributed by atoms with Crippen LogP contribution < -0.4 is 0 Å². The van der Waals surface area contributed by atoms with Crippen LogP contribution >= 0.6 is 0 Å². The van der Waals surface area contributed by atoms with E-state index in [4.69, 9.17) is 9.47 Å². The summed E-state index contributed by atoms with van der Waals surface area (Å²) in [6.07, 6.45) is -0.423. The summed E-state index contributed by atoms with van der Waals surface area (Å²) in [5.74, 6) is 0. The molecule has 2 atom stereocenters. The second-order valence-corrected chi connectivity index (χ2v) is 7.95. The van der Waals surface area contributed by atoms with Crippen LogP contribution in [0.5, 0.6) is 0 Å². The van der Waals surface area contributed by atoms with E-state index < -0.39 is 23.4 Å². The van der Waals surface area contributed by atoms with Gasteiger partial charge in [-0.05, 0) is 48.0 Å². The lowest BCUT2D eigenvalue weighted by molar-refractivity contribution is 0.0136. The van der Waals surface area contributed by atoms with Gasteiger partial charge in [-0.15, -0.1) is 0 Å². The number of rotatable bonds is 2. The van der Waals surface area contributed by atoms with Crippen LogP contribution in [0.15, 0.2) is 0 Å². The lowest BCUT2D eigenvalue weighted by Gasteiger charge is -2.29.